The molecule has 0 aliphatic carbocycles. The molecule has 2 aromatic carbocycles. The average Bonchev–Trinajstić information content (AvgIpc) is 2.66. The number of methoxy groups -OCH3 is 1. The molecule has 0 saturated carbocycles. The molecule has 2 rings (SSSR count). The van der Waals surface area contributed by atoms with Gasteiger partial charge in [0.25, 0.3) is 0 Å². The lowest BCUT2D eigenvalue weighted by molar-refractivity contribution is -0.133. The molecule has 0 aromatic heterocycles. The molecule has 0 aliphatic heterocycles. The lowest BCUT2D eigenvalue weighted by atomic mass is 10.1. The first-order valence-electron chi connectivity index (χ1n) is 8.16. The van der Waals surface area contributed by atoms with Crippen molar-refractivity contribution in [3.8, 4) is 5.75 Å². The summed E-state index contributed by atoms with van der Waals surface area (Å²) in [6.45, 7) is 1.83. The number of anilines is 1. The molecule has 6 heteroatoms. The summed E-state index contributed by atoms with van der Waals surface area (Å²) in [5, 5.41) is 9.01. The van der Waals surface area contributed by atoms with Crippen LogP contribution in [0.25, 0.3) is 6.08 Å². The predicted octanol–water partition coefficient (Wildman–Crippen LogP) is 2.33. The number of benzene rings is 2. The van der Waals surface area contributed by atoms with Crippen LogP contribution < -0.4 is 15.4 Å². The van der Waals surface area contributed by atoms with E-state index in [1.165, 1.54) is 13.2 Å². The molecule has 0 aliphatic rings. The van der Waals surface area contributed by atoms with Crippen molar-refractivity contribution >= 4 is 24.0 Å². The highest BCUT2D eigenvalue weighted by molar-refractivity contribution is 6.11. The summed E-state index contributed by atoms with van der Waals surface area (Å²) >= 11 is 0. The van der Waals surface area contributed by atoms with Gasteiger partial charge in [0.15, 0.2) is 6.29 Å². The molecular formula is C20H22N2O4. The molecule has 26 heavy (non-hydrogen) atoms. The summed E-state index contributed by atoms with van der Waals surface area (Å²) in [5.74, 6) is -0.793. The zero-order valence-corrected chi connectivity index (χ0v) is 14.6. The van der Waals surface area contributed by atoms with E-state index in [-0.39, 0.29) is 5.57 Å². The summed E-state index contributed by atoms with van der Waals surface area (Å²) in [4.78, 5) is 24.1. The third-order valence-corrected chi connectivity index (χ3v) is 3.88. The number of aliphatic carboxylic acids is 1. The quantitative estimate of drug-likeness (QED) is 0.311. The van der Waals surface area contributed by atoms with Crippen LogP contribution in [-0.4, -0.2) is 37.6 Å². The van der Waals surface area contributed by atoms with E-state index < -0.39 is 5.97 Å². The van der Waals surface area contributed by atoms with E-state index in [9.17, 15) is 9.59 Å². The van der Waals surface area contributed by atoms with Gasteiger partial charge in [-0.2, -0.15) is 0 Å². The van der Waals surface area contributed by atoms with Gasteiger partial charge in [0.2, 0.25) is 0 Å². The van der Waals surface area contributed by atoms with Gasteiger partial charge >= 0.3 is 5.97 Å². The number of carbonyl (C=O) groups excluding carboxylic acids is 1. The minimum atomic E-state index is -1.28. The van der Waals surface area contributed by atoms with E-state index in [1.807, 2.05) is 42.5 Å². The standard InChI is InChI=1S/C20H22N2O4/c1-26-19-12-18(8-7-16(19)11-17(14-23)20(24)25)22(10-9-21)13-15-5-3-2-4-6-15/h2-8,11-12,14H,9-10,13,21H2,1H3,(H,24,25)/b17-11+. The monoisotopic (exact) mass is 354 g/mol. The lowest BCUT2D eigenvalue weighted by Gasteiger charge is -2.25. The van der Waals surface area contributed by atoms with Gasteiger partial charge in [-0.15, -0.1) is 0 Å². The van der Waals surface area contributed by atoms with Crippen molar-refractivity contribution in [2.45, 2.75) is 6.54 Å². The fourth-order valence-electron chi connectivity index (χ4n) is 2.59. The maximum atomic E-state index is 11.0. The summed E-state index contributed by atoms with van der Waals surface area (Å²) in [5.41, 5.74) is 7.99. The Morgan fingerprint density at radius 1 is 1.23 bits per heavy atom. The van der Waals surface area contributed by atoms with Crippen LogP contribution in [0.2, 0.25) is 0 Å². The van der Waals surface area contributed by atoms with Gasteiger partial charge < -0.3 is 20.5 Å². The Labute approximate surface area is 152 Å². The zero-order valence-electron chi connectivity index (χ0n) is 14.6. The van der Waals surface area contributed by atoms with E-state index >= 15 is 0 Å². The number of carboxylic acids is 1. The minimum absolute atomic E-state index is 0.311. The summed E-state index contributed by atoms with van der Waals surface area (Å²) in [7, 11) is 1.50. The van der Waals surface area contributed by atoms with Gasteiger partial charge in [-0.05, 0) is 23.8 Å². The van der Waals surface area contributed by atoms with Crippen molar-refractivity contribution < 1.29 is 19.4 Å². The van der Waals surface area contributed by atoms with Gasteiger partial charge in [0, 0.05) is 37.0 Å². The molecule has 0 amide bonds. The second-order valence-electron chi connectivity index (χ2n) is 5.64. The molecular weight excluding hydrogens is 332 g/mol. The largest absolute Gasteiger partial charge is 0.496 e. The van der Waals surface area contributed by atoms with Gasteiger partial charge in [0.05, 0.1) is 12.7 Å². The Bertz CT molecular complexity index is 788. The second kappa shape index (κ2) is 9.39. The number of hydrogen-bond acceptors (Lipinski definition) is 5. The van der Waals surface area contributed by atoms with E-state index in [1.54, 1.807) is 6.07 Å². The number of rotatable bonds is 9. The number of ether oxygens (including phenoxy) is 1. The van der Waals surface area contributed by atoms with Crippen LogP contribution >= 0.6 is 0 Å². The van der Waals surface area contributed by atoms with Crippen molar-refractivity contribution in [3.05, 3.63) is 65.2 Å². The van der Waals surface area contributed by atoms with Crippen LogP contribution in [0.5, 0.6) is 5.75 Å². The molecule has 0 fully saturated rings. The smallest absolute Gasteiger partial charge is 0.339 e. The highest BCUT2D eigenvalue weighted by atomic mass is 16.5. The highest BCUT2D eigenvalue weighted by Gasteiger charge is 2.12. The Hall–Kier alpha value is -3.12. The van der Waals surface area contributed by atoms with Crippen LogP contribution in [0.15, 0.2) is 54.1 Å². The molecule has 0 atom stereocenters. The van der Waals surface area contributed by atoms with Crippen molar-refractivity contribution in [1.29, 1.82) is 0 Å². The van der Waals surface area contributed by atoms with Crippen LogP contribution in [0.3, 0.4) is 0 Å². The predicted molar refractivity (Wildman–Crippen MR) is 101 cm³/mol. The molecule has 0 radical (unpaired) electrons. The van der Waals surface area contributed by atoms with E-state index in [0.29, 0.717) is 37.2 Å². The van der Waals surface area contributed by atoms with Gasteiger partial charge in [-0.25, -0.2) is 4.79 Å². The van der Waals surface area contributed by atoms with Crippen LogP contribution in [0, 0.1) is 0 Å². The first kappa shape index (κ1) is 19.2. The van der Waals surface area contributed by atoms with Gasteiger partial charge in [0.1, 0.15) is 5.75 Å². The summed E-state index contributed by atoms with van der Waals surface area (Å²) in [6, 6.07) is 15.4. The summed E-state index contributed by atoms with van der Waals surface area (Å²) < 4.78 is 5.38. The van der Waals surface area contributed by atoms with Crippen LogP contribution in [-0.2, 0) is 16.1 Å². The molecule has 6 nitrogen and oxygen atoms in total. The molecule has 3 N–H and O–H groups in total. The maximum absolute atomic E-state index is 11.0. The summed E-state index contributed by atoms with van der Waals surface area (Å²) in [6.07, 6.45) is 1.61. The molecule has 0 heterocycles. The first-order chi connectivity index (χ1) is 12.6. The highest BCUT2D eigenvalue weighted by Crippen LogP contribution is 2.28. The zero-order chi connectivity index (χ0) is 18.9. The second-order valence-corrected chi connectivity index (χ2v) is 5.64. The van der Waals surface area contributed by atoms with E-state index in [2.05, 4.69) is 4.90 Å². The number of aldehydes is 1. The Morgan fingerprint density at radius 2 is 1.96 bits per heavy atom. The maximum Gasteiger partial charge on any atom is 0.339 e. The van der Waals surface area contributed by atoms with Gasteiger partial charge in [-0.1, -0.05) is 30.3 Å². The third kappa shape index (κ3) is 4.94. The van der Waals surface area contributed by atoms with E-state index in [0.717, 1.165) is 11.3 Å². The molecule has 2 aromatic rings. The number of hydrogen-bond donors (Lipinski definition) is 2. The normalized spacial score (nSPS) is 11.1. The van der Waals surface area contributed by atoms with E-state index in [4.69, 9.17) is 15.6 Å². The van der Waals surface area contributed by atoms with Crippen molar-refractivity contribution in [3.63, 3.8) is 0 Å². The fourth-order valence-corrected chi connectivity index (χ4v) is 2.59. The fraction of sp³-hybridized carbons (Fsp3) is 0.200. The minimum Gasteiger partial charge on any atom is -0.496 e. The molecule has 136 valence electrons. The number of carbonyl (C=O) groups is 2. The Balaban J connectivity index is 2.35. The molecule has 0 saturated heterocycles. The van der Waals surface area contributed by atoms with Crippen molar-refractivity contribution in [1.82, 2.24) is 0 Å². The number of nitrogens with zero attached hydrogens (tertiary/aromatic N) is 1. The molecule has 0 spiro atoms. The van der Waals surface area contributed by atoms with Crippen LogP contribution in [0.4, 0.5) is 5.69 Å². The molecule has 0 unspecified atom stereocenters. The SMILES string of the molecule is COc1cc(N(CCN)Cc2ccccc2)ccc1/C=C(\C=O)C(=O)O. The van der Waals surface area contributed by atoms with Crippen LogP contribution in [0.1, 0.15) is 11.1 Å². The Kier molecular flexibility index (Phi) is 6.93. The van der Waals surface area contributed by atoms with Crippen molar-refractivity contribution in [2.24, 2.45) is 5.73 Å². The third-order valence-electron chi connectivity index (χ3n) is 3.88. The lowest BCUT2D eigenvalue weighted by Crippen LogP contribution is -2.28. The van der Waals surface area contributed by atoms with Gasteiger partial charge in [-0.3, -0.25) is 4.79 Å². The topological polar surface area (TPSA) is 92.9 Å². The van der Waals surface area contributed by atoms with Crippen molar-refractivity contribution in [2.75, 3.05) is 25.1 Å². The number of carboxylic acid groups (broad SMARTS) is 1. The molecule has 0 bridgehead atoms. The average molecular weight is 354 g/mol. The Morgan fingerprint density at radius 3 is 2.54 bits per heavy atom. The number of nitrogens with two attached hydrogens (primary N) is 1. The first-order valence-corrected chi connectivity index (χ1v) is 8.16.